The molecule has 1 amide bonds. The van der Waals surface area contributed by atoms with Gasteiger partial charge < -0.3 is 10.6 Å². The van der Waals surface area contributed by atoms with Gasteiger partial charge in [0.1, 0.15) is 5.69 Å². The number of aromatic nitrogens is 2. The van der Waals surface area contributed by atoms with Crippen molar-refractivity contribution < 1.29 is 4.79 Å². The van der Waals surface area contributed by atoms with E-state index in [2.05, 4.69) is 27.5 Å². The maximum Gasteiger partial charge on any atom is 0.271 e. The van der Waals surface area contributed by atoms with Crippen molar-refractivity contribution in [3.8, 4) is 0 Å². The zero-order valence-corrected chi connectivity index (χ0v) is 8.86. The summed E-state index contributed by atoms with van der Waals surface area (Å²) in [7, 11) is 0. The van der Waals surface area contributed by atoms with Gasteiger partial charge in [0.05, 0.1) is 6.20 Å². The summed E-state index contributed by atoms with van der Waals surface area (Å²) in [4.78, 5) is 19.2. The van der Waals surface area contributed by atoms with Gasteiger partial charge in [-0.15, -0.1) is 0 Å². The Hall–Kier alpha value is -1.49. The Balaban J connectivity index is 2.20. The highest BCUT2D eigenvalue weighted by Gasteiger charge is 2.04. The average molecular weight is 208 g/mol. The molecule has 82 valence electrons. The van der Waals surface area contributed by atoms with Crippen molar-refractivity contribution >= 4 is 5.91 Å². The van der Waals surface area contributed by atoms with Gasteiger partial charge in [0, 0.05) is 25.5 Å². The van der Waals surface area contributed by atoms with Gasteiger partial charge in [0.2, 0.25) is 0 Å². The number of hydrogen-bond donors (Lipinski definition) is 2. The SMILES string of the molecule is CCCNCCNC(=O)c1cnccn1. The minimum Gasteiger partial charge on any atom is -0.349 e. The molecule has 5 heteroatoms. The predicted molar refractivity (Wildman–Crippen MR) is 57.5 cm³/mol. The molecule has 0 aromatic carbocycles. The van der Waals surface area contributed by atoms with E-state index in [0.29, 0.717) is 12.2 Å². The third-order valence-electron chi connectivity index (χ3n) is 1.81. The Morgan fingerprint density at radius 1 is 1.33 bits per heavy atom. The first-order chi connectivity index (χ1) is 7.34. The fourth-order valence-electron chi connectivity index (χ4n) is 1.07. The summed E-state index contributed by atoms with van der Waals surface area (Å²) < 4.78 is 0. The van der Waals surface area contributed by atoms with E-state index in [1.54, 1.807) is 6.20 Å². The number of carbonyl (C=O) groups is 1. The molecule has 15 heavy (non-hydrogen) atoms. The Kier molecular flexibility index (Phi) is 5.32. The molecule has 0 saturated carbocycles. The normalized spacial score (nSPS) is 9.93. The first-order valence-electron chi connectivity index (χ1n) is 5.09. The molecule has 0 spiro atoms. The minimum absolute atomic E-state index is 0.179. The lowest BCUT2D eigenvalue weighted by Crippen LogP contribution is -2.32. The first kappa shape index (κ1) is 11.6. The molecule has 0 fully saturated rings. The lowest BCUT2D eigenvalue weighted by atomic mass is 10.4. The average Bonchev–Trinajstić information content (AvgIpc) is 2.30. The van der Waals surface area contributed by atoms with Crippen molar-refractivity contribution in [2.45, 2.75) is 13.3 Å². The van der Waals surface area contributed by atoms with Gasteiger partial charge in [-0.1, -0.05) is 6.92 Å². The lowest BCUT2D eigenvalue weighted by molar-refractivity contribution is 0.0948. The minimum atomic E-state index is -0.179. The number of carbonyl (C=O) groups excluding carboxylic acids is 1. The molecular formula is C10H16N4O. The van der Waals surface area contributed by atoms with E-state index >= 15 is 0 Å². The third kappa shape index (κ3) is 4.51. The molecule has 5 nitrogen and oxygen atoms in total. The predicted octanol–water partition coefficient (Wildman–Crippen LogP) is 0.206. The topological polar surface area (TPSA) is 66.9 Å². The van der Waals surface area contributed by atoms with Crippen LogP contribution in [0.1, 0.15) is 23.8 Å². The Morgan fingerprint density at radius 3 is 2.87 bits per heavy atom. The van der Waals surface area contributed by atoms with E-state index in [-0.39, 0.29) is 5.91 Å². The summed E-state index contributed by atoms with van der Waals surface area (Å²) in [6.45, 7) is 4.46. The fourth-order valence-corrected chi connectivity index (χ4v) is 1.07. The smallest absolute Gasteiger partial charge is 0.271 e. The van der Waals surface area contributed by atoms with Gasteiger partial charge in [-0.25, -0.2) is 4.98 Å². The molecule has 0 unspecified atom stereocenters. The van der Waals surface area contributed by atoms with Gasteiger partial charge in [0.25, 0.3) is 5.91 Å². The highest BCUT2D eigenvalue weighted by Crippen LogP contribution is 1.88. The van der Waals surface area contributed by atoms with E-state index in [4.69, 9.17) is 0 Å². The molecule has 0 radical (unpaired) electrons. The molecule has 1 aromatic heterocycles. The number of nitrogens with zero attached hydrogens (tertiary/aromatic N) is 2. The van der Waals surface area contributed by atoms with Gasteiger partial charge in [-0.05, 0) is 13.0 Å². The summed E-state index contributed by atoms with van der Waals surface area (Å²) in [5.41, 5.74) is 0.355. The van der Waals surface area contributed by atoms with Crippen LogP contribution < -0.4 is 10.6 Å². The van der Waals surface area contributed by atoms with Gasteiger partial charge >= 0.3 is 0 Å². The number of hydrogen-bond acceptors (Lipinski definition) is 4. The second-order valence-corrected chi connectivity index (χ2v) is 3.10. The Labute approximate surface area is 89.3 Å². The largest absolute Gasteiger partial charge is 0.349 e. The summed E-state index contributed by atoms with van der Waals surface area (Å²) >= 11 is 0. The quantitative estimate of drug-likeness (QED) is 0.656. The van der Waals surface area contributed by atoms with E-state index < -0.39 is 0 Å². The molecule has 0 aliphatic rings. The van der Waals surface area contributed by atoms with Crippen molar-refractivity contribution in [3.05, 3.63) is 24.3 Å². The number of amides is 1. The Bertz CT molecular complexity index is 289. The van der Waals surface area contributed by atoms with Crippen LogP contribution in [0.15, 0.2) is 18.6 Å². The van der Waals surface area contributed by atoms with Crippen molar-refractivity contribution in [1.82, 2.24) is 20.6 Å². The van der Waals surface area contributed by atoms with Crippen LogP contribution in [0.4, 0.5) is 0 Å². The molecule has 0 bridgehead atoms. The van der Waals surface area contributed by atoms with Crippen LogP contribution in [-0.4, -0.2) is 35.5 Å². The summed E-state index contributed by atoms with van der Waals surface area (Å²) in [5, 5.41) is 5.95. The van der Waals surface area contributed by atoms with Crippen molar-refractivity contribution in [2.24, 2.45) is 0 Å². The van der Waals surface area contributed by atoms with E-state index in [1.165, 1.54) is 12.4 Å². The molecule has 1 aromatic rings. The summed E-state index contributed by atoms with van der Waals surface area (Å²) in [5.74, 6) is -0.179. The number of rotatable bonds is 6. The maximum atomic E-state index is 11.4. The monoisotopic (exact) mass is 208 g/mol. The first-order valence-corrected chi connectivity index (χ1v) is 5.09. The van der Waals surface area contributed by atoms with Crippen LogP contribution in [0.5, 0.6) is 0 Å². The van der Waals surface area contributed by atoms with Crippen LogP contribution in [0.2, 0.25) is 0 Å². The van der Waals surface area contributed by atoms with E-state index in [0.717, 1.165) is 19.5 Å². The molecule has 0 aliphatic heterocycles. The van der Waals surface area contributed by atoms with Crippen molar-refractivity contribution in [3.63, 3.8) is 0 Å². The molecular weight excluding hydrogens is 192 g/mol. The zero-order valence-electron chi connectivity index (χ0n) is 8.86. The van der Waals surface area contributed by atoms with Crippen LogP contribution in [0, 0.1) is 0 Å². The van der Waals surface area contributed by atoms with Crippen LogP contribution in [0.3, 0.4) is 0 Å². The van der Waals surface area contributed by atoms with Crippen LogP contribution >= 0.6 is 0 Å². The molecule has 0 atom stereocenters. The van der Waals surface area contributed by atoms with E-state index in [9.17, 15) is 4.79 Å². The zero-order chi connectivity index (χ0) is 10.9. The molecule has 0 saturated heterocycles. The maximum absolute atomic E-state index is 11.4. The van der Waals surface area contributed by atoms with Crippen molar-refractivity contribution in [1.29, 1.82) is 0 Å². The highest BCUT2D eigenvalue weighted by molar-refractivity contribution is 5.91. The molecule has 1 rings (SSSR count). The van der Waals surface area contributed by atoms with E-state index in [1.807, 2.05) is 0 Å². The fraction of sp³-hybridized carbons (Fsp3) is 0.500. The van der Waals surface area contributed by atoms with Gasteiger partial charge in [-0.2, -0.15) is 0 Å². The van der Waals surface area contributed by atoms with Gasteiger partial charge in [-0.3, -0.25) is 9.78 Å². The molecule has 1 heterocycles. The highest BCUT2D eigenvalue weighted by atomic mass is 16.1. The standard InChI is InChI=1S/C10H16N4O/c1-2-3-11-4-7-14-10(15)9-8-12-5-6-13-9/h5-6,8,11H,2-4,7H2,1H3,(H,14,15). The van der Waals surface area contributed by atoms with Crippen LogP contribution in [0.25, 0.3) is 0 Å². The lowest BCUT2D eigenvalue weighted by Gasteiger charge is -2.04. The summed E-state index contributed by atoms with van der Waals surface area (Å²) in [6, 6.07) is 0. The van der Waals surface area contributed by atoms with Crippen LogP contribution in [-0.2, 0) is 0 Å². The molecule has 0 aliphatic carbocycles. The van der Waals surface area contributed by atoms with Gasteiger partial charge in [0.15, 0.2) is 0 Å². The summed E-state index contributed by atoms with van der Waals surface area (Å²) in [6.07, 6.45) is 5.59. The molecule has 2 N–H and O–H groups in total. The second kappa shape index (κ2) is 6.89. The third-order valence-corrected chi connectivity index (χ3v) is 1.81. The van der Waals surface area contributed by atoms with Crippen molar-refractivity contribution in [2.75, 3.05) is 19.6 Å². The Morgan fingerprint density at radius 2 is 2.20 bits per heavy atom. The number of nitrogens with one attached hydrogen (secondary N) is 2. The second-order valence-electron chi connectivity index (χ2n) is 3.10.